The molecule has 1 atom stereocenters. The van der Waals surface area contributed by atoms with Gasteiger partial charge in [-0.15, -0.1) is 0 Å². The Morgan fingerprint density at radius 3 is 2.18 bits per heavy atom. The monoisotopic (exact) mass is 407 g/mol. The van der Waals surface area contributed by atoms with Crippen molar-refractivity contribution in [2.45, 2.75) is 63.7 Å². The molecule has 0 heterocycles. The Bertz CT molecular complexity index is 934. The highest BCUT2D eigenvalue weighted by Crippen LogP contribution is 2.23. The van der Waals surface area contributed by atoms with E-state index in [9.17, 15) is 13.2 Å². The molecular weight excluding hydrogens is 378 g/mol. The second kappa shape index (κ2) is 8.19. The van der Waals surface area contributed by atoms with Crippen molar-refractivity contribution < 1.29 is 22.7 Å². The summed E-state index contributed by atoms with van der Waals surface area (Å²) in [6.45, 7) is 10.5. The predicted molar refractivity (Wildman–Crippen MR) is 110 cm³/mol. The molecule has 2 aromatic carbocycles. The maximum atomic E-state index is 13.1. The number of sulfonamides is 1. The van der Waals surface area contributed by atoms with Crippen molar-refractivity contribution in [2.24, 2.45) is 0 Å². The van der Waals surface area contributed by atoms with E-state index in [2.05, 4.69) is 4.72 Å². The second-order valence-electron chi connectivity index (χ2n) is 8.61. The Morgan fingerprint density at radius 2 is 1.57 bits per heavy atom. The van der Waals surface area contributed by atoms with Crippen molar-refractivity contribution in [1.29, 1.82) is 0 Å². The number of esters is 1. The van der Waals surface area contributed by atoms with E-state index >= 15 is 0 Å². The van der Waals surface area contributed by atoms with Gasteiger partial charge >= 0.3 is 5.97 Å². The number of rotatable bonds is 6. The molecule has 0 aliphatic rings. The van der Waals surface area contributed by atoms with Crippen molar-refractivity contribution in [3.8, 4) is 0 Å². The third-order valence-corrected chi connectivity index (χ3v) is 5.24. The van der Waals surface area contributed by atoms with E-state index in [1.165, 1.54) is 6.07 Å². The van der Waals surface area contributed by atoms with Gasteiger partial charge in [0, 0.05) is 5.39 Å². The minimum absolute atomic E-state index is 0.106. The van der Waals surface area contributed by atoms with Crippen LogP contribution < -0.4 is 4.72 Å². The van der Waals surface area contributed by atoms with Gasteiger partial charge < -0.3 is 9.47 Å². The van der Waals surface area contributed by atoms with Gasteiger partial charge in [0.2, 0.25) is 10.0 Å². The normalized spacial score (nSPS) is 14.1. The maximum Gasteiger partial charge on any atom is 0.327 e. The summed E-state index contributed by atoms with van der Waals surface area (Å²) in [6.07, 6.45) is 0. The Balaban J connectivity index is 2.36. The molecule has 7 heteroatoms. The Kier molecular flexibility index (Phi) is 6.53. The summed E-state index contributed by atoms with van der Waals surface area (Å²) in [6, 6.07) is 11.0. The van der Waals surface area contributed by atoms with Crippen molar-refractivity contribution >= 4 is 26.8 Å². The summed E-state index contributed by atoms with van der Waals surface area (Å²) in [5.74, 6) is -0.680. The van der Waals surface area contributed by atoms with Crippen LogP contribution in [0, 0.1) is 0 Å². The smallest absolute Gasteiger partial charge is 0.327 e. The molecule has 6 nitrogen and oxygen atoms in total. The third kappa shape index (κ3) is 6.29. The van der Waals surface area contributed by atoms with Crippen molar-refractivity contribution in [3.63, 3.8) is 0 Å². The molecular formula is C21H29NO5S. The lowest BCUT2D eigenvalue weighted by atomic mass is 10.1. The number of hydrogen-bond acceptors (Lipinski definition) is 5. The molecule has 0 saturated carbocycles. The molecule has 0 amide bonds. The molecule has 0 spiro atoms. The van der Waals surface area contributed by atoms with Crippen molar-refractivity contribution in [2.75, 3.05) is 6.61 Å². The minimum Gasteiger partial charge on any atom is -0.459 e. The second-order valence-corrected chi connectivity index (χ2v) is 10.3. The quantitative estimate of drug-likeness (QED) is 0.739. The van der Waals surface area contributed by atoms with E-state index in [4.69, 9.17) is 9.47 Å². The highest BCUT2D eigenvalue weighted by molar-refractivity contribution is 7.89. The van der Waals surface area contributed by atoms with E-state index < -0.39 is 33.2 Å². The third-order valence-electron chi connectivity index (χ3n) is 3.71. The van der Waals surface area contributed by atoms with Gasteiger partial charge in [-0.25, -0.2) is 8.42 Å². The minimum atomic E-state index is -3.99. The first kappa shape index (κ1) is 22.3. The van der Waals surface area contributed by atoms with Crippen LogP contribution in [0.25, 0.3) is 10.8 Å². The Hall–Kier alpha value is -1.96. The molecule has 0 unspecified atom stereocenters. The van der Waals surface area contributed by atoms with Crippen LogP contribution in [0.3, 0.4) is 0 Å². The molecule has 1 N–H and O–H groups in total. The van der Waals surface area contributed by atoms with Crippen LogP contribution in [-0.2, 0) is 24.3 Å². The molecule has 28 heavy (non-hydrogen) atoms. The van der Waals surface area contributed by atoms with Crippen LogP contribution in [0.5, 0.6) is 0 Å². The van der Waals surface area contributed by atoms with Gasteiger partial charge in [-0.2, -0.15) is 4.72 Å². The topological polar surface area (TPSA) is 81.7 Å². The van der Waals surface area contributed by atoms with Crippen molar-refractivity contribution in [3.05, 3.63) is 42.5 Å². The largest absolute Gasteiger partial charge is 0.459 e. The number of carbonyl (C=O) groups is 1. The van der Waals surface area contributed by atoms with Crippen LogP contribution in [0.1, 0.15) is 41.5 Å². The molecule has 0 radical (unpaired) electrons. The van der Waals surface area contributed by atoms with Gasteiger partial charge in [-0.1, -0.05) is 36.4 Å². The van der Waals surface area contributed by atoms with Gasteiger partial charge in [0.05, 0.1) is 17.1 Å². The first-order valence-corrected chi connectivity index (χ1v) is 10.6. The Morgan fingerprint density at radius 1 is 0.964 bits per heavy atom. The van der Waals surface area contributed by atoms with Crippen molar-refractivity contribution in [1.82, 2.24) is 4.72 Å². The first-order valence-electron chi connectivity index (χ1n) is 9.15. The van der Waals surface area contributed by atoms with E-state index in [0.717, 1.165) is 5.39 Å². The van der Waals surface area contributed by atoms with Crippen LogP contribution in [0.15, 0.2) is 47.4 Å². The van der Waals surface area contributed by atoms with Gasteiger partial charge in [-0.05, 0) is 53.0 Å². The molecule has 154 valence electrons. The van der Waals surface area contributed by atoms with Gasteiger partial charge in [0.1, 0.15) is 11.6 Å². The number of ether oxygens (including phenoxy) is 2. The number of fused-ring (bicyclic) bond motifs is 1. The standard InChI is InChI=1S/C21H29NO5S/c1-20(2,3)26-14-17(19(23)27-21(4,5)6)22-28(24,25)18-13-9-11-15-10-7-8-12-16(15)18/h7-13,17,22H,14H2,1-6H3/t17-/m0/s1. The number of hydrogen-bond donors (Lipinski definition) is 1. The number of nitrogens with one attached hydrogen (secondary N) is 1. The number of benzene rings is 2. The zero-order chi connectivity index (χ0) is 21.2. The molecule has 2 rings (SSSR count). The molecule has 0 saturated heterocycles. The van der Waals surface area contributed by atoms with E-state index in [1.807, 2.05) is 39.0 Å². The van der Waals surface area contributed by atoms with Gasteiger partial charge in [0.15, 0.2) is 0 Å². The fourth-order valence-electron chi connectivity index (χ4n) is 2.54. The van der Waals surface area contributed by atoms with Crippen LogP contribution in [-0.4, -0.2) is 38.2 Å². The average Bonchev–Trinajstić information content (AvgIpc) is 2.55. The summed E-state index contributed by atoms with van der Waals surface area (Å²) in [7, 11) is -3.99. The summed E-state index contributed by atoms with van der Waals surface area (Å²) in [4.78, 5) is 12.7. The fourth-order valence-corrected chi connectivity index (χ4v) is 3.94. The van der Waals surface area contributed by atoms with E-state index in [-0.39, 0.29) is 11.5 Å². The fraction of sp³-hybridized carbons (Fsp3) is 0.476. The molecule has 0 fully saturated rings. The highest BCUT2D eigenvalue weighted by Gasteiger charge is 2.32. The van der Waals surface area contributed by atoms with Gasteiger partial charge in [0.25, 0.3) is 0 Å². The summed E-state index contributed by atoms with van der Waals surface area (Å²) >= 11 is 0. The highest BCUT2D eigenvalue weighted by atomic mass is 32.2. The Labute approximate surface area is 167 Å². The summed E-state index contributed by atoms with van der Waals surface area (Å²) in [5.41, 5.74) is -1.28. The van der Waals surface area contributed by atoms with Crippen LogP contribution in [0.2, 0.25) is 0 Å². The number of carbonyl (C=O) groups excluding carboxylic acids is 1. The molecule has 0 aromatic heterocycles. The lowest BCUT2D eigenvalue weighted by molar-refractivity contribution is -0.159. The van der Waals surface area contributed by atoms with E-state index in [1.54, 1.807) is 39.0 Å². The average molecular weight is 408 g/mol. The zero-order valence-corrected chi connectivity index (χ0v) is 18.1. The summed E-state index contributed by atoms with van der Waals surface area (Å²) in [5, 5.41) is 1.38. The lowest BCUT2D eigenvalue weighted by Gasteiger charge is -2.27. The van der Waals surface area contributed by atoms with E-state index in [0.29, 0.717) is 5.39 Å². The molecule has 0 aliphatic heterocycles. The zero-order valence-electron chi connectivity index (χ0n) is 17.3. The SMILES string of the molecule is CC(C)(C)OC[C@H](NS(=O)(=O)c1cccc2ccccc12)C(=O)OC(C)(C)C. The van der Waals surface area contributed by atoms with Crippen LogP contribution >= 0.6 is 0 Å². The lowest BCUT2D eigenvalue weighted by Crippen LogP contribution is -2.48. The van der Waals surface area contributed by atoms with Crippen LogP contribution in [0.4, 0.5) is 0 Å². The molecule has 2 aromatic rings. The predicted octanol–water partition coefficient (Wildman–Crippen LogP) is 3.64. The molecule has 0 aliphatic carbocycles. The summed E-state index contributed by atoms with van der Waals surface area (Å²) < 4.78 is 39.7. The maximum absolute atomic E-state index is 13.1. The first-order chi connectivity index (χ1) is 12.8. The molecule has 0 bridgehead atoms. The van der Waals surface area contributed by atoms with Gasteiger partial charge in [-0.3, -0.25) is 4.79 Å².